The van der Waals surface area contributed by atoms with E-state index in [-0.39, 0.29) is 12.3 Å². The lowest BCUT2D eigenvalue weighted by atomic mass is 10.1. The maximum Gasteiger partial charge on any atom is 0.387 e. The number of halogens is 2. The van der Waals surface area contributed by atoms with Gasteiger partial charge in [-0.25, -0.2) is 9.67 Å². The maximum absolute atomic E-state index is 12.0. The van der Waals surface area contributed by atoms with E-state index in [0.717, 1.165) is 0 Å². The molecule has 0 fully saturated rings. The molecule has 5 nitrogen and oxygen atoms in total. The van der Waals surface area contributed by atoms with Crippen LogP contribution in [-0.2, 0) is 6.54 Å². The second-order valence-corrected chi connectivity index (χ2v) is 4.35. The molecule has 1 aromatic heterocycles. The molecule has 1 unspecified atom stereocenters. The zero-order valence-corrected chi connectivity index (χ0v) is 11.1. The van der Waals surface area contributed by atoms with E-state index in [1.54, 1.807) is 30.7 Å². The zero-order valence-electron chi connectivity index (χ0n) is 11.1. The lowest BCUT2D eigenvalue weighted by Gasteiger charge is -2.12. The highest BCUT2D eigenvalue weighted by Crippen LogP contribution is 2.20. The van der Waals surface area contributed by atoms with Crippen LogP contribution in [0.15, 0.2) is 24.3 Å². The van der Waals surface area contributed by atoms with Crippen LogP contribution in [0.3, 0.4) is 0 Å². The minimum atomic E-state index is -2.86. The van der Waals surface area contributed by atoms with Gasteiger partial charge in [-0.3, -0.25) is 0 Å². The molecular weight excluding hydrogens is 268 g/mol. The van der Waals surface area contributed by atoms with Gasteiger partial charge < -0.3 is 9.84 Å². The van der Waals surface area contributed by atoms with Crippen molar-refractivity contribution in [2.24, 2.45) is 0 Å². The SMILES string of the molecule is Cc1nc(C)n(CC(O)c2ccc(OC(F)F)cc2)n1. The summed E-state index contributed by atoms with van der Waals surface area (Å²) < 4.78 is 29.9. The summed E-state index contributed by atoms with van der Waals surface area (Å²) in [5.74, 6) is 1.40. The van der Waals surface area contributed by atoms with Gasteiger partial charge in [0.05, 0.1) is 12.6 Å². The second kappa shape index (κ2) is 5.96. The summed E-state index contributed by atoms with van der Waals surface area (Å²) >= 11 is 0. The van der Waals surface area contributed by atoms with Crippen molar-refractivity contribution in [2.75, 3.05) is 0 Å². The Labute approximate surface area is 114 Å². The Balaban J connectivity index is 2.05. The number of aryl methyl sites for hydroxylation is 2. The molecule has 1 N–H and O–H groups in total. The molecule has 2 rings (SSSR count). The van der Waals surface area contributed by atoms with E-state index in [1.807, 2.05) is 0 Å². The molecule has 20 heavy (non-hydrogen) atoms. The third kappa shape index (κ3) is 3.51. The van der Waals surface area contributed by atoms with E-state index in [4.69, 9.17) is 0 Å². The fourth-order valence-corrected chi connectivity index (χ4v) is 1.87. The van der Waals surface area contributed by atoms with Crippen molar-refractivity contribution >= 4 is 0 Å². The third-order valence-corrected chi connectivity index (χ3v) is 2.80. The molecule has 0 aliphatic heterocycles. The van der Waals surface area contributed by atoms with Gasteiger partial charge in [-0.2, -0.15) is 13.9 Å². The highest BCUT2D eigenvalue weighted by molar-refractivity contribution is 5.28. The van der Waals surface area contributed by atoms with Crippen LogP contribution in [0.5, 0.6) is 5.75 Å². The van der Waals surface area contributed by atoms with Gasteiger partial charge in [0, 0.05) is 0 Å². The zero-order chi connectivity index (χ0) is 14.7. The van der Waals surface area contributed by atoms with Crippen molar-refractivity contribution in [1.82, 2.24) is 14.8 Å². The summed E-state index contributed by atoms with van der Waals surface area (Å²) in [5.41, 5.74) is 0.596. The number of benzene rings is 1. The highest BCUT2D eigenvalue weighted by Gasteiger charge is 2.12. The van der Waals surface area contributed by atoms with Crippen molar-refractivity contribution in [3.8, 4) is 5.75 Å². The predicted octanol–water partition coefficient (Wildman–Crippen LogP) is 2.23. The first-order chi connectivity index (χ1) is 9.45. The van der Waals surface area contributed by atoms with E-state index in [9.17, 15) is 13.9 Å². The smallest absolute Gasteiger partial charge is 0.387 e. The fourth-order valence-electron chi connectivity index (χ4n) is 1.87. The molecular formula is C13H15F2N3O2. The molecule has 1 heterocycles. The third-order valence-electron chi connectivity index (χ3n) is 2.80. The Hall–Kier alpha value is -2.02. The largest absolute Gasteiger partial charge is 0.435 e. The normalized spacial score (nSPS) is 12.7. The van der Waals surface area contributed by atoms with Crippen LogP contribution in [0.4, 0.5) is 8.78 Å². The molecule has 1 atom stereocenters. The molecule has 0 saturated heterocycles. The first-order valence-electron chi connectivity index (χ1n) is 6.06. The molecule has 7 heteroatoms. The number of hydrogen-bond donors (Lipinski definition) is 1. The molecule has 0 amide bonds. The molecule has 2 aromatic rings. The maximum atomic E-state index is 12.0. The quantitative estimate of drug-likeness (QED) is 0.914. The Morgan fingerprint density at radius 3 is 2.40 bits per heavy atom. The van der Waals surface area contributed by atoms with Crippen LogP contribution in [0.25, 0.3) is 0 Å². The topological polar surface area (TPSA) is 60.2 Å². The fraction of sp³-hybridized carbons (Fsp3) is 0.385. The Kier molecular flexibility index (Phi) is 4.29. The van der Waals surface area contributed by atoms with Gasteiger partial charge in [0.25, 0.3) is 0 Å². The van der Waals surface area contributed by atoms with Gasteiger partial charge in [-0.05, 0) is 31.5 Å². The number of alkyl halides is 2. The molecule has 0 saturated carbocycles. The minimum absolute atomic E-state index is 0.0590. The van der Waals surface area contributed by atoms with Crippen molar-refractivity contribution in [3.63, 3.8) is 0 Å². The minimum Gasteiger partial charge on any atom is -0.435 e. The van der Waals surface area contributed by atoms with E-state index in [2.05, 4.69) is 14.8 Å². The van der Waals surface area contributed by atoms with Gasteiger partial charge in [0.15, 0.2) is 0 Å². The summed E-state index contributed by atoms with van der Waals surface area (Å²) in [6, 6.07) is 5.87. The summed E-state index contributed by atoms with van der Waals surface area (Å²) in [5, 5.41) is 14.3. The van der Waals surface area contributed by atoms with Crippen LogP contribution >= 0.6 is 0 Å². The number of aliphatic hydroxyl groups is 1. The molecule has 1 aromatic carbocycles. The Morgan fingerprint density at radius 2 is 1.90 bits per heavy atom. The highest BCUT2D eigenvalue weighted by atomic mass is 19.3. The van der Waals surface area contributed by atoms with E-state index < -0.39 is 12.7 Å². The number of rotatable bonds is 5. The number of hydrogen-bond acceptors (Lipinski definition) is 4. The van der Waals surface area contributed by atoms with Crippen molar-refractivity contribution in [2.45, 2.75) is 33.1 Å². The molecule has 0 bridgehead atoms. The molecule has 0 radical (unpaired) electrons. The summed E-state index contributed by atoms with van der Waals surface area (Å²) in [4.78, 5) is 4.14. The van der Waals surface area contributed by atoms with E-state index >= 15 is 0 Å². The Bertz CT molecular complexity index is 569. The molecule has 0 aliphatic carbocycles. The van der Waals surface area contributed by atoms with Crippen LogP contribution < -0.4 is 4.74 Å². The lowest BCUT2D eigenvalue weighted by Crippen LogP contribution is -2.11. The second-order valence-electron chi connectivity index (χ2n) is 4.35. The van der Waals surface area contributed by atoms with Crippen molar-refractivity contribution in [1.29, 1.82) is 0 Å². The Morgan fingerprint density at radius 1 is 1.25 bits per heavy atom. The van der Waals surface area contributed by atoms with Crippen LogP contribution in [-0.4, -0.2) is 26.5 Å². The number of nitrogens with zero attached hydrogens (tertiary/aromatic N) is 3. The van der Waals surface area contributed by atoms with Gasteiger partial charge in [0.1, 0.15) is 17.4 Å². The molecule has 0 spiro atoms. The average molecular weight is 283 g/mol. The van der Waals surface area contributed by atoms with E-state index in [1.165, 1.54) is 12.1 Å². The van der Waals surface area contributed by atoms with Crippen LogP contribution in [0.1, 0.15) is 23.3 Å². The molecule has 108 valence electrons. The summed E-state index contributed by atoms with van der Waals surface area (Å²) in [7, 11) is 0. The van der Waals surface area contributed by atoms with Crippen LogP contribution in [0, 0.1) is 13.8 Å². The number of aliphatic hydroxyl groups excluding tert-OH is 1. The number of aromatic nitrogens is 3. The van der Waals surface area contributed by atoms with Crippen LogP contribution in [0.2, 0.25) is 0 Å². The van der Waals surface area contributed by atoms with Gasteiger partial charge in [0.2, 0.25) is 0 Å². The number of ether oxygens (including phenoxy) is 1. The first kappa shape index (κ1) is 14.4. The van der Waals surface area contributed by atoms with Crippen molar-refractivity contribution in [3.05, 3.63) is 41.5 Å². The lowest BCUT2D eigenvalue weighted by molar-refractivity contribution is -0.0498. The standard InChI is InChI=1S/C13H15F2N3O2/c1-8-16-9(2)18(17-8)7-12(19)10-3-5-11(6-4-10)20-13(14)15/h3-6,12-13,19H,7H2,1-2H3. The summed E-state index contributed by atoms with van der Waals surface area (Å²) in [6.45, 7) is 0.965. The van der Waals surface area contributed by atoms with E-state index in [0.29, 0.717) is 17.2 Å². The molecule has 0 aliphatic rings. The first-order valence-corrected chi connectivity index (χ1v) is 6.06. The van der Waals surface area contributed by atoms with Gasteiger partial charge in [-0.1, -0.05) is 12.1 Å². The predicted molar refractivity (Wildman–Crippen MR) is 67.5 cm³/mol. The van der Waals surface area contributed by atoms with Gasteiger partial charge >= 0.3 is 6.61 Å². The monoisotopic (exact) mass is 283 g/mol. The average Bonchev–Trinajstić information content (AvgIpc) is 2.68. The summed E-state index contributed by atoms with van der Waals surface area (Å²) in [6.07, 6.45) is -0.796. The van der Waals surface area contributed by atoms with Gasteiger partial charge in [-0.15, -0.1) is 0 Å². The van der Waals surface area contributed by atoms with Crippen molar-refractivity contribution < 1.29 is 18.6 Å².